The summed E-state index contributed by atoms with van der Waals surface area (Å²) in [7, 11) is 0. The lowest BCUT2D eigenvalue weighted by Gasteiger charge is -2.14. The fourth-order valence-electron chi connectivity index (χ4n) is 4.13. The maximum absolute atomic E-state index is 12.7. The number of rotatable bonds is 5. The smallest absolute Gasteiger partial charge is 0.301 e. The van der Waals surface area contributed by atoms with E-state index in [0.717, 1.165) is 43.1 Å². The van der Waals surface area contributed by atoms with E-state index in [1.165, 1.54) is 29.5 Å². The maximum Gasteiger partial charge on any atom is 0.435 e. The Balaban J connectivity index is 1.37. The van der Waals surface area contributed by atoms with E-state index < -0.39 is 11.9 Å². The second kappa shape index (κ2) is 8.43. The van der Waals surface area contributed by atoms with Crippen molar-refractivity contribution in [2.45, 2.75) is 25.6 Å². The average Bonchev–Trinajstić information content (AvgIpc) is 3.46. The van der Waals surface area contributed by atoms with E-state index in [0.29, 0.717) is 11.3 Å². The second-order valence-corrected chi connectivity index (χ2v) is 8.08. The lowest BCUT2D eigenvalue weighted by molar-refractivity contribution is -0.141. The zero-order valence-corrected chi connectivity index (χ0v) is 17.7. The number of hydrogen-bond acceptors (Lipinski definition) is 5. The number of pyridine rings is 1. The number of benzene rings is 1. The number of halogens is 3. The Morgan fingerprint density at radius 2 is 1.76 bits per heavy atom. The van der Waals surface area contributed by atoms with Crippen LogP contribution < -0.4 is 5.56 Å². The van der Waals surface area contributed by atoms with Crippen molar-refractivity contribution in [2.75, 3.05) is 19.6 Å². The fraction of sp³-hybridized carbons (Fsp3) is 0.304. The third kappa shape index (κ3) is 4.38. The Bertz CT molecular complexity index is 1340. The van der Waals surface area contributed by atoms with Crippen LogP contribution in [-0.2, 0) is 12.7 Å². The summed E-state index contributed by atoms with van der Waals surface area (Å²) in [4.78, 5) is 15.2. The molecule has 33 heavy (non-hydrogen) atoms. The van der Waals surface area contributed by atoms with Gasteiger partial charge in [-0.05, 0) is 62.3 Å². The van der Waals surface area contributed by atoms with E-state index in [2.05, 4.69) is 20.2 Å². The average molecular weight is 454 g/mol. The van der Waals surface area contributed by atoms with Crippen LogP contribution in [0.15, 0.2) is 59.7 Å². The largest absolute Gasteiger partial charge is 0.435 e. The second-order valence-electron chi connectivity index (χ2n) is 8.08. The van der Waals surface area contributed by atoms with Gasteiger partial charge in [-0.15, -0.1) is 10.2 Å². The highest BCUT2D eigenvalue weighted by atomic mass is 19.4. The number of fused-ring (bicyclic) bond motifs is 1. The van der Waals surface area contributed by atoms with Crippen molar-refractivity contribution in [1.29, 1.82) is 0 Å². The highest BCUT2D eigenvalue weighted by Gasteiger charge is 2.32. The first-order valence-corrected chi connectivity index (χ1v) is 10.7. The van der Waals surface area contributed by atoms with Gasteiger partial charge in [0.15, 0.2) is 5.69 Å². The van der Waals surface area contributed by atoms with Crippen LogP contribution in [-0.4, -0.2) is 49.1 Å². The van der Waals surface area contributed by atoms with Crippen molar-refractivity contribution in [3.8, 4) is 16.9 Å². The molecule has 0 aliphatic carbocycles. The molecule has 7 nitrogen and oxygen atoms in total. The van der Waals surface area contributed by atoms with Crippen molar-refractivity contribution in [2.24, 2.45) is 0 Å². The van der Waals surface area contributed by atoms with E-state index in [9.17, 15) is 18.0 Å². The highest BCUT2D eigenvalue weighted by molar-refractivity contribution is 5.81. The molecule has 5 rings (SSSR count). The lowest BCUT2D eigenvalue weighted by Crippen LogP contribution is -2.24. The van der Waals surface area contributed by atoms with Crippen molar-refractivity contribution in [3.05, 3.63) is 70.9 Å². The van der Waals surface area contributed by atoms with Gasteiger partial charge in [0.2, 0.25) is 0 Å². The van der Waals surface area contributed by atoms with Crippen LogP contribution in [0.3, 0.4) is 0 Å². The Morgan fingerprint density at radius 1 is 0.939 bits per heavy atom. The summed E-state index contributed by atoms with van der Waals surface area (Å²) >= 11 is 0. The maximum atomic E-state index is 12.7. The van der Waals surface area contributed by atoms with Gasteiger partial charge < -0.3 is 4.90 Å². The molecule has 3 aromatic heterocycles. The number of alkyl halides is 3. The number of nitrogens with zero attached hydrogens (tertiary/aromatic N) is 6. The molecule has 4 heterocycles. The van der Waals surface area contributed by atoms with Gasteiger partial charge in [0.05, 0.1) is 24.0 Å². The van der Waals surface area contributed by atoms with Crippen LogP contribution in [0.1, 0.15) is 18.5 Å². The molecule has 0 unspecified atom stereocenters. The molecule has 170 valence electrons. The predicted molar refractivity (Wildman–Crippen MR) is 117 cm³/mol. The monoisotopic (exact) mass is 454 g/mol. The number of hydrogen-bond donors (Lipinski definition) is 0. The molecule has 0 atom stereocenters. The van der Waals surface area contributed by atoms with Gasteiger partial charge in [-0.2, -0.15) is 18.3 Å². The first kappa shape index (κ1) is 21.3. The molecular formula is C23H21F3N6O. The van der Waals surface area contributed by atoms with Gasteiger partial charge in [0, 0.05) is 35.4 Å². The SMILES string of the molecule is O=c1cc(-c2ccc(C(F)(F)F)nn2)ccn1-c1ccc2c(cnn2CCN2CCCC2)c1. The Morgan fingerprint density at radius 3 is 2.45 bits per heavy atom. The van der Waals surface area contributed by atoms with Gasteiger partial charge in [0.1, 0.15) is 0 Å². The molecule has 0 N–H and O–H groups in total. The molecule has 1 aliphatic rings. The molecule has 10 heteroatoms. The molecule has 1 saturated heterocycles. The predicted octanol–water partition coefficient (Wildman–Crippen LogP) is 3.76. The third-order valence-corrected chi connectivity index (χ3v) is 5.90. The van der Waals surface area contributed by atoms with E-state index in [-0.39, 0.29) is 11.3 Å². The van der Waals surface area contributed by atoms with Crippen LogP contribution >= 0.6 is 0 Å². The lowest BCUT2D eigenvalue weighted by atomic mass is 10.1. The summed E-state index contributed by atoms with van der Waals surface area (Å²) in [5.74, 6) is 0. The Kier molecular flexibility index (Phi) is 5.45. The summed E-state index contributed by atoms with van der Waals surface area (Å²) in [5, 5.41) is 12.3. The van der Waals surface area contributed by atoms with Gasteiger partial charge >= 0.3 is 6.18 Å². The molecule has 0 saturated carbocycles. The number of likely N-dealkylation sites (tertiary alicyclic amines) is 1. The molecule has 0 spiro atoms. The van der Waals surface area contributed by atoms with Crippen molar-refractivity contribution in [3.63, 3.8) is 0 Å². The van der Waals surface area contributed by atoms with Gasteiger partial charge in [-0.1, -0.05) is 0 Å². The topological polar surface area (TPSA) is 68.8 Å². The van der Waals surface area contributed by atoms with E-state index in [1.807, 2.05) is 22.9 Å². The molecular weight excluding hydrogens is 433 g/mol. The summed E-state index contributed by atoms with van der Waals surface area (Å²) in [6.07, 6.45) is 1.32. The first-order chi connectivity index (χ1) is 15.9. The molecule has 0 bridgehead atoms. The van der Waals surface area contributed by atoms with Crippen LogP contribution in [0.4, 0.5) is 13.2 Å². The molecule has 0 radical (unpaired) electrons. The zero-order valence-electron chi connectivity index (χ0n) is 17.7. The van der Waals surface area contributed by atoms with Gasteiger partial charge in [-0.25, -0.2) is 0 Å². The Labute approximate surface area is 187 Å². The quantitative estimate of drug-likeness (QED) is 0.459. The van der Waals surface area contributed by atoms with E-state index in [1.54, 1.807) is 18.5 Å². The minimum absolute atomic E-state index is 0.196. The van der Waals surface area contributed by atoms with Gasteiger partial charge in [0.25, 0.3) is 5.56 Å². The van der Waals surface area contributed by atoms with Crippen LogP contribution in [0.2, 0.25) is 0 Å². The molecule has 4 aromatic rings. The summed E-state index contributed by atoms with van der Waals surface area (Å²) in [6.45, 7) is 4.05. The van der Waals surface area contributed by atoms with Crippen LogP contribution in [0.25, 0.3) is 27.8 Å². The van der Waals surface area contributed by atoms with E-state index >= 15 is 0 Å². The minimum atomic E-state index is -4.56. The summed E-state index contributed by atoms with van der Waals surface area (Å²) in [6, 6.07) is 10.7. The first-order valence-electron chi connectivity index (χ1n) is 10.7. The van der Waals surface area contributed by atoms with Crippen molar-refractivity contribution < 1.29 is 13.2 Å². The normalized spacial score (nSPS) is 14.9. The minimum Gasteiger partial charge on any atom is -0.301 e. The fourth-order valence-corrected chi connectivity index (χ4v) is 4.13. The summed E-state index contributed by atoms with van der Waals surface area (Å²) in [5.41, 5.74) is 0.874. The highest BCUT2D eigenvalue weighted by Crippen LogP contribution is 2.28. The molecule has 1 fully saturated rings. The van der Waals surface area contributed by atoms with Crippen LogP contribution in [0, 0.1) is 0 Å². The van der Waals surface area contributed by atoms with Crippen molar-refractivity contribution >= 4 is 10.9 Å². The molecule has 1 aliphatic heterocycles. The number of aromatic nitrogens is 5. The van der Waals surface area contributed by atoms with E-state index in [4.69, 9.17) is 0 Å². The molecule has 0 amide bonds. The Hall–Kier alpha value is -3.53. The van der Waals surface area contributed by atoms with Crippen LogP contribution in [0.5, 0.6) is 0 Å². The van der Waals surface area contributed by atoms with Gasteiger partial charge in [-0.3, -0.25) is 14.0 Å². The standard InChI is InChI=1S/C23H21F3N6O/c24-23(25,26)21-6-4-19(28-29-21)16-7-10-31(22(33)14-16)18-3-5-20-17(13-18)15-27-32(20)12-11-30-8-1-2-9-30/h3-7,10,13-15H,1-2,8-9,11-12H2. The summed E-state index contributed by atoms with van der Waals surface area (Å²) < 4.78 is 41.5. The molecule has 1 aromatic carbocycles. The third-order valence-electron chi connectivity index (χ3n) is 5.90. The zero-order chi connectivity index (χ0) is 23.0. The van der Waals surface area contributed by atoms with Crippen molar-refractivity contribution in [1.82, 2.24) is 29.4 Å².